The summed E-state index contributed by atoms with van der Waals surface area (Å²) in [4.78, 5) is 16.3. The summed E-state index contributed by atoms with van der Waals surface area (Å²) in [6.07, 6.45) is 3.27. The van der Waals surface area contributed by atoms with E-state index >= 15 is 4.39 Å². The zero-order valence-corrected chi connectivity index (χ0v) is 21.5. The summed E-state index contributed by atoms with van der Waals surface area (Å²) in [5.74, 6) is 0.494. The number of halogens is 3. The molecule has 192 valence electrons. The van der Waals surface area contributed by atoms with E-state index in [1.165, 1.54) is 25.3 Å². The van der Waals surface area contributed by atoms with Crippen LogP contribution in [0.1, 0.15) is 51.7 Å². The van der Waals surface area contributed by atoms with Gasteiger partial charge in [-0.2, -0.15) is 0 Å². The Morgan fingerprint density at radius 3 is 2.61 bits per heavy atom. The highest BCUT2D eigenvalue weighted by molar-refractivity contribution is 6.39. The van der Waals surface area contributed by atoms with Gasteiger partial charge in [0, 0.05) is 23.1 Å². The monoisotopic (exact) mass is 552 g/mol. The number of carbonyl (C=O) groups excluding carboxylic acids is 1. The van der Waals surface area contributed by atoms with Gasteiger partial charge in [-0.25, -0.2) is 14.2 Å². The van der Waals surface area contributed by atoms with Crippen molar-refractivity contribution in [2.24, 2.45) is 0 Å². The number of carbonyl (C=O) groups is 1. The van der Waals surface area contributed by atoms with Gasteiger partial charge in [-0.1, -0.05) is 40.5 Å². The average Bonchev–Trinajstić information content (AvgIpc) is 3.70. The lowest BCUT2D eigenvalue weighted by Crippen LogP contribution is -2.03. The predicted octanol–water partition coefficient (Wildman–Crippen LogP) is 7.86. The quantitative estimate of drug-likeness (QED) is 0.225. The Labute approximate surface area is 226 Å². The molecule has 7 nitrogen and oxygen atoms in total. The van der Waals surface area contributed by atoms with Gasteiger partial charge in [0.2, 0.25) is 5.88 Å². The number of rotatable bonds is 6. The maximum Gasteiger partial charge on any atom is 0.337 e. The van der Waals surface area contributed by atoms with E-state index in [4.69, 9.17) is 41.9 Å². The number of aromatic nitrogens is 2. The van der Waals surface area contributed by atoms with Crippen molar-refractivity contribution in [2.45, 2.75) is 25.4 Å². The first-order chi connectivity index (χ1) is 18.4. The first kappa shape index (κ1) is 24.5. The van der Waals surface area contributed by atoms with E-state index in [2.05, 4.69) is 10.1 Å². The van der Waals surface area contributed by atoms with E-state index in [0.29, 0.717) is 38.2 Å². The van der Waals surface area contributed by atoms with Crippen LogP contribution < -0.4 is 9.47 Å². The van der Waals surface area contributed by atoms with Crippen molar-refractivity contribution in [2.75, 3.05) is 7.11 Å². The maximum absolute atomic E-state index is 15.2. The molecule has 10 heteroatoms. The number of pyridine rings is 1. The molecule has 2 aromatic heterocycles. The lowest BCUT2D eigenvalue weighted by atomic mass is 10.0. The molecule has 0 saturated heterocycles. The molecule has 0 amide bonds. The van der Waals surface area contributed by atoms with Crippen molar-refractivity contribution in [3.63, 3.8) is 0 Å². The highest BCUT2D eigenvalue weighted by Crippen LogP contribution is 2.46. The van der Waals surface area contributed by atoms with Crippen LogP contribution in [0.3, 0.4) is 0 Å². The molecule has 0 radical (unpaired) electrons. The van der Waals surface area contributed by atoms with Gasteiger partial charge in [0.15, 0.2) is 11.6 Å². The van der Waals surface area contributed by atoms with Gasteiger partial charge < -0.3 is 18.7 Å². The molecular weight excluding hydrogens is 534 g/mol. The zero-order valence-electron chi connectivity index (χ0n) is 20.0. The van der Waals surface area contributed by atoms with Crippen LogP contribution >= 0.6 is 23.2 Å². The summed E-state index contributed by atoms with van der Waals surface area (Å²) >= 11 is 12.9. The first-order valence-electron chi connectivity index (χ1n) is 11.8. The van der Waals surface area contributed by atoms with Crippen LogP contribution in [0.25, 0.3) is 23.2 Å². The molecule has 0 N–H and O–H groups in total. The highest BCUT2D eigenvalue weighted by atomic mass is 35.5. The normalized spacial score (nSPS) is 14.1. The largest absolute Gasteiger partial charge is 0.473 e. The first-order valence-corrected chi connectivity index (χ1v) is 12.5. The third kappa shape index (κ3) is 4.50. The molecule has 6 rings (SSSR count). The second kappa shape index (κ2) is 9.78. The minimum absolute atomic E-state index is 0.0274. The van der Waals surface area contributed by atoms with Gasteiger partial charge in [0.05, 0.1) is 28.3 Å². The average molecular weight is 553 g/mol. The number of hydrogen-bond acceptors (Lipinski definition) is 7. The molecule has 1 aliphatic heterocycles. The molecule has 1 saturated carbocycles. The minimum atomic E-state index is -0.609. The second-order valence-electron chi connectivity index (χ2n) is 8.87. The number of benzene rings is 2. The van der Waals surface area contributed by atoms with Gasteiger partial charge in [-0.15, -0.1) is 0 Å². The molecule has 0 bridgehead atoms. The Bertz CT molecular complexity index is 1590. The van der Waals surface area contributed by atoms with E-state index < -0.39 is 11.8 Å². The zero-order chi connectivity index (χ0) is 26.4. The van der Waals surface area contributed by atoms with E-state index in [1.54, 1.807) is 36.4 Å². The lowest BCUT2D eigenvalue weighted by molar-refractivity contribution is 0.0600. The third-order valence-corrected chi connectivity index (χ3v) is 6.96. The van der Waals surface area contributed by atoms with E-state index in [1.807, 2.05) is 0 Å². The van der Waals surface area contributed by atoms with Crippen molar-refractivity contribution < 1.29 is 27.9 Å². The van der Waals surface area contributed by atoms with Crippen molar-refractivity contribution >= 4 is 41.1 Å². The Balaban J connectivity index is 1.30. The highest BCUT2D eigenvalue weighted by Gasteiger charge is 2.34. The fourth-order valence-corrected chi connectivity index (χ4v) is 4.84. The Hall–Kier alpha value is -3.88. The van der Waals surface area contributed by atoms with Crippen LogP contribution in [-0.4, -0.2) is 23.2 Å². The summed E-state index contributed by atoms with van der Waals surface area (Å²) in [6, 6.07) is 13.0. The smallest absolute Gasteiger partial charge is 0.337 e. The van der Waals surface area contributed by atoms with Crippen molar-refractivity contribution in [3.05, 3.63) is 86.7 Å². The molecular formula is C28H19Cl2FN2O5. The maximum atomic E-state index is 15.2. The van der Waals surface area contributed by atoms with Crippen molar-refractivity contribution in [1.82, 2.24) is 10.1 Å². The number of hydrogen-bond donors (Lipinski definition) is 0. The molecule has 2 aliphatic rings. The number of methoxy groups -OCH3 is 1. The standard InChI is InChI=1S/C28H19Cl2FN2O5/c1-35-28(34)16-8-7-15-11-20(31)26-21(37-22(15)12-16)9-10-23(32-26)36-13-17-25(33-38-27(17)14-5-6-14)24-18(29)3-2-4-19(24)30/h2-4,7-12,14H,5-6,13H2,1H3. The molecule has 0 spiro atoms. The van der Waals surface area contributed by atoms with Crippen molar-refractivity contribution in [1.29, 1.82) is 0 Å². The molecule has 2 aromatic carbocycles. The fourth-order valence-electron chi connectivity index (χ4n) is 4.27. The summed E-state index contributed by atoms with van der Waals surface area (Å²) in [5.41, 5.74) is 2.49. The van der Waals surface area contributed by atoms with Crippen LogP contribution in [0, 0.1) is 0 Å². The molecule has 0 unspecified atom stereocenters. The number of fused-ring (bicyclic) bond motifs is 2. The molecule has 3 heterocycles. The number of ether oxygens (including phenoxy) is 3. The van der Waals surface area contributed by atoms with Crippen LogP contribution in [0.5, 0.6) is 17.4 Å². The SMILES string of the molecule is COC(=O)c1ccc2c(c1)Oc1ccc(OCc3c(-c4c(Cl)cccc4Cl)noc3C3CC3)nc1C(F)=C2. The van der Waals surface area contributed by atoms with Gasteiger partial charge in [-0.3, -0.25) is 0 Å². The summed E-state index contributed by atoms with van der Waals surface area (Å²) in [5, 5.41) is 5.14. The Morgan fingerprint density at radius 1 is 1.08 bits per heavy atom. The van der Waals surface area contributed by atoms with Gasteiger partial charge in [0.1, 0.15) is 29.5 Å². The van der Waals surface area contributed by atoms with E-state index in [-0.39, 0.29) is 35.4 Å². The Kier molecular flexibility index (Phi) is 6.29. The van der Waals surface area contributed by atoms with E-state index in [9.17, 15) is 4.79 Å². The van der Waals surface area contributed by atoms with Gasteiger partial charge >= 0.3 is 5.97 Å². The molecule has 0 atom stereocenters. The Morgan fingerprint density at radius 2 is 1.87 bits per heavy atom. The van der Waals surface area contributed by atoms with Crippen LogP contribution in [-0.2, 0) is 11.3 Å². The van der Waals surface area contributed by atoms with Gasteiger partial charge in [-0.05, 0) is 49.2 Å². The van der Waals surface area contributed by atoms with Crippen LogP contribution in [0.15, 0.2) is 53.1 Å². The lowest BCUT2D eigenvalue weighted by Gasteiger charge is -2.12. The van der Waals surface area contributed by atoms with E-state index in [0.717, 1.165) is 18.6 Å². The van der Waals surface area contributed by atoms with Crippen molar-refractivity contribution in [3.8, 4) is 28.6 Å². The number of esters is 1. The fraction of sp³-hybridized carbons (Fsp3) is 0.179. The summed E-state index contributed by atoms with van der Waals surface area (Å²) < 4.78 is 37.5. The third-order valence-electron chi connectivity index (χ3n) is 6.33. The summed E-state index contributed by atoms with van der Waals surface area (Å²) in [7, 11) is 1.29. The predicted molar refractivity (Wildman–Crippen MR) is 139 cm³/mol. The number of nitrogens with zero attached hydrogens (tertiary/aromatic N) is 2. The molecule has 1 aliphatic carbocycles. The molecule has 4 aromatic rings. The van der Waals surface area contributed by atoms with Gasteiger partial charge in [0.25, 0.3) is 0 Å². The van der Waals surface area contributed by atoms with Crippen LogP contribution in [0.2, 0.25) is 10.0 Å². The molecule has 38 heavy (non-hydrogen) atoms. The summed E-state index contributed by atoms with van der Waals surface area (Å²) in [6.45, 7) is 0.0624. The topological polar surface area (TPSA) is 83.7 Å². The van der Waals surface area contributed by atoms with Crippen LogP contribution in [0.4, 0.5) is 4.39 Å². The molecule has 1 fully saturated rings. The second-order valence-corrected chi connectivity index (χ2v) is 9.68. The minimum Gasteiger partial charge on any atom is -0.473 e.